The smallest absolute Gasteiger partial charge is 0.275 e. The molecule has 0 radical (unpaired) electrons. The van der Waals surface area contributed by atoms with E-state index in [1.807, 2.05) is 23.1 Å². The van der Waals surface area contributed by atoms with Crippen LogP contribution >= 0.6 is 12.2 Å². The standard InChI is InChI=1S/C19H22N4OS/c1-13(2)9-20-10-14-5-3-4-6-15(14)11-23-16-7-8-21-18(16)19(24)22-17(23)12-25/h3-8,13,20-21H,9-11H2,1-2H3,(H,22,24). The lowest BCUT2D eigenvalue weighted by atomic mass is 10.1. The van der Waals surface area contributed by atoms with E-state index in [2.05, 4.69) is 46.6 Å². The fourth-order valence-electron chi connectivity index (χ4n) is 2.92. The van der Waals surface area contributed by atoms with Crippen molar-refractivity contribution in [3.8, 4) is 0 Å². The van der Waals surface area contributed by atoms with Gasteiger partial charge in [-0.3, -0.25) is 10.1 Å². The third-order valence-electron chi connectivity index (χ3n) is 4.16. The van der Waals surface area contributed by atoms with E-state index in [9.17, 15) is 4.79 Å². The first-order valence-corrected chi connectivity index (χ1v) is 8.80. The summed E-state index contributed by atoms with van der Waals surface area (Å²) < 4.78 is 0. The number of hydrogen-bond donors (Lipinski definition) is 3. The van der Waals surface area contributed by atoms with Gasteiger partial charge in [-0.25, -0.2) is 0 Å². The number of nitrogens with zero attached hydrogens (tertiary/aromatic N) is 1. The Labute approximate surface area is 153 Å². The van der Waals surface area contributed by atoms with Crippen LogP contribution in [0.25, 0.3) is 0 Å². The van der Waals surface area contributed by atoms with Crippen molar-refractivity contribution in [1.29, 1.82) is 0 Å². The average Bonchev–Trinajstić information content (AvgIpc) is 3.08. The maximum Gasteiger partial charge on any atom is 0.275 e. The maximum atomic E-state index is 12.1. The number of carbonyl (C=O) groups is 1. The van der Waals surface area contributed by atoms with Crippen molar-refractivity contribution in [3.05, 3.63) is 59.2 Å². The van der Waals surface area contributed by atoms with Gasteiger partial charge >= 0.3 is 0 Å². The van der Waals surface area contributed by atoms with E-state index in [1.165, 1.54) is 11.1 Å². The predicted molar refractivity (Wildman–Crippen MR) is 104 cm³/mol. The third kappa shape index (κ3) is 3.82. The van der Waals surface area contributed by atoms with Crippen LogP contribution in [0.15, 0.2) is 42.3 Å². The molecule has 0 saturated carbocycles. The second kappa shape index (κ2) is 7.66. The predicted octanol–water partition coefficient (Wildman–Crippen LogP) is 2.95. The molecule has 0 spiro atoms. The monoisotopic (exact) mass is 354 g/mol. The molecule has 0 atom stereocenters. The molecule has 1 aromatic carbocycles. The number of rotatable bonds is 6. The van der Waals surface area contributed by atoms with Crippen molar-refractivity contribution in [2.45, 2.75) is 26.9 Å². The number of benzene rings is 1. The molecular formula is C19H22N4OS. The van der Waals surface area contributed by atoms with Crippen LogP contribution in [0.1, 0.15) is 35.5 Å². The van der Waals surface area contributed by atoms with Crippen LogP contribution < -0.4 is 15.5 Å². The highest BCUT2D eigenvalue weighted by atomic mass is 32.1. The number of amides is 1. The van der Waals surface area contributed by atoms with Gasteiger partial charge in [0.15, 0.2) is 5.82 Å². The zero-order chi connectivity index (χ0) is 17.8. The van der Waals surface area contributed by atoms with E-state index in [4.69, 9.17) is 12.2 Å². The molecule has 0 saturated heterocycles. The van der Waals surface area contributed by atoms with Gasteiger partial charge in [0.2, 0.25) is 0 Å². The Hall–Kier alpha value is -2.40. The summed E-state index contributed by atoms with van der Waals surface area (Å²) in [6, 6.07) is 10.2. The SMILES string of the molecule is CC(C)CNCc1ccccc1CN1C(=C=S)NC(=O)c2[nH]ccc21. The molecular weight excluding hydrogens is 332 g/mol. The molecule has 1 aliphatic rings. The second-order valence-corrected chi connectivity index (χ2v) is 6.73. The van der Waals surface area contributed by atoms with E-state index in [-0.39, 0.29) is 5.91 Å². The normalized spacial score (nSPS) is 13.6. The van der Waals surface area contributed by atoms with Crippen molar-refractivity contribution < 1.29 is 4.79 Å². The number of anilines is 1. The zero-order valence-corrected chi connectivity index (χ0v) is 15.2. The maximum absolute atomic E-state index is 12.1. The Morgan fingerprint density at radius 3 is 2.72 bits per heavy atom. The molecule has 2 aromatic rings. The quantitative estimate of drug-likeness (QED) is 0.698. The summed E-state index contributed by atoms with van der Waals surface area (Å²) in [5.41, 5.74) is 3.79. The number of hydrogen-bond acceptors (Lipinski definition) is 4. The van der Waals surface area contributed by atoms with Crippen LogP contribution in [-0.2, 0) is 13.1 Å². The Kier molecular flexibility index (Phi) is 5.34. The van der Waals surface area contributed by atoms with Gasteiger partial charge in [0.1, 0.15) is 5.69 Å². The van der Waals surface area contributed by atoms with E-state index in [0.29, 0.717) is 24.0 Å². The Morgan fingerprint density at radius 1 is 1.24 bits per heavy atom. The number of aromatic nitrogens is 1. The molecule has 1 amide bonds. The summed E-state index contributed by atoms with van der Waals surface area (Å²) in [5, 5.41) is 8.96. The van der Waals surface area contributed by atoms with Gasteiger partial charge in [-0.15, -0.1) is 0 Å². The van der Waals surface area contributed by atoms with E-state index in [0.717, 1.165) is 18.8 Å². The second-order valence-electron chi connectivity index (χ2n) is 6.52. The van der Waals surface area contributed by atoms with Crippen LogP contribution in [0.5, 0.6) is 0 Å². The molecule has 1 aliphatic heterocycles. The summed E-state index contributed by atoms with van der Waals surface area (Å²) in [6.07, 6.45) is 1.76. The van der Waals surface area contributed by atoms with Gasteiger partial charge in [0, 0.05) is 12.7 Å². The molecule has 5 nitrogen and oxygen atoms in total. The molecule has 2 heterocycles. The highest BCUT2D eigenvalue weighted by molar-refractivity contribution is 7.78. The number of carbonyl (C=O) groups excluding carboxylic acids is 1. The fourth-order valence-corrected chi connectivity index (χ4v) is 3.08. The highest BCUT2D eigenvalue weighted by Gasteiger charge is 2.28. The van der Waals surface area contributed by atoms with Crippen LogP contribution in [0.4, 0.5) is 5.69 Å². The van der Waals surface area contributed by atoms with Crippen molar-refractivity contribution in [2.75, 3.05) is 11.4 Å². The van der Waals surface area contributed by atoms with E-state index < -0.39 is 0 Å². The number of thiocarbonyl (C=S) groups is 1. The topological polar surface area (TPSA) is 60.2 Å². The molecule has 0 bridgehead atoms. The Morgan fingerprint density at radius 2 is 2.00 bits per heavy atom. The van der Waals surface area contributed by atoms with Gasteiger partial charge in [-0.2, -0.15) is 0 Å². The first-order valence-electron chi connectivity index (χ1n) is 8.39. The zero-order valence-electron chi connectivity index (χ0n) is 14.4. The molecule has 0 unspecified atom stereocenters. The van der Waals surface area contributed by atoms with Gasteiger partial charge in [-0.1, -0.05) is 38.1 Å². The lowest BCUT2D eigenvalue weighted by molar-refractivity contribution is 0.0957. The molecule has 130 valence electrons. The van der Waals surface area contributed by atoms with Crippen LogP contribution in [0.3, 0.4) is 0 Å². The number of aromatic amines is 1. The van der Waals surface area contributed by atoms with E-state index >= 15 is 0 Å². The molecule has 1 aromatic heterocycles. The van der Waals surface area contributed by atoms with Gasteiger partial charge < -0.3 is 15.2 Å². The van der Waals surface area contributed by atoms with Crippen LogP contribution in [0, 0.1) is 5.92 Å². The van der Waals surface area contributed by atoms with Gasteiger partial charge in [-0.05, 0) is 46.9 Å². The van der Waals surface area contributed by atoms with Crippen molar-refractivity contribution >= 4 is 28.8 Å². The van der Waals surface area contributed by atoms with Crippen molar-refractivity contribution in [3.63, 3.8) is 0 Å². The summed E-state index contributed by atoms with van der Waals surface area (Å²) in [4.78, 5) is 17.1. The third-order valence-corrected chi connectivity index (χ3v) is 4.35. The largest absolute Gasteiger partial charge is 0.355 e. The first kappa shape index (κ1) is 17.4. The lowest BCUT2D eigenvalue weighted by Crippen LogP contribution is -2.41. The molecule has 3 N–H and O–H groups in total. The fraction of sp³-hybridized carbons (Fsp3) is 0.316. The van der Waals surface area contributed by atoms with E-state index in [1.54, 1.807) is 6.20 Å². The first-order chi connectivity index (χ1) is 12.1. The molecule has 6 heteroatoms. The van der Waals surface area contributed by atoms with Gasteiger partial charge in [0.05, 0.1) is 12.2 Å². The minimum Gasteiger partial charge on any atom is -0.355 e. The van der Waals surface area contributed by atoms with Crippen LogP contribution in [-0.4, -0.2) is 22.5 Å². The minimum atomic E-state index is -0.185. The summed E-state index contributed by atoms with van der Waals surface area (Å²) in [6.45, 7) is 6.79. The summed E-state index contributed by atoms with van der Waals surface area (Å²) in [7, 11) is 0. The number of fused-ring (bicyclic) bond motifs is 1. The minimum absolute atomic E-state index is 0.185. The molecule has 25 heavy (non-hydrogen) atoms. The van der Waals surface area contributed by atoms with Crippen molar-refractivity contribution in [1.82, 2.24) is 15.6 Å². The highest BCUT2D eigenvalue weighted by Crippen LogP contribution is 2.28. The Bertz CT molecular complexity index is 820. The van der Waals surface area contributed by atoms with Crippen LogP contribution in [0.2, 0.25) is 0 Å². The van der Waals surface area contributed by atoms with Crippen molar-refractivity contribution in [2.24, 2.45) is 5.92 Å². The van der Waals surface area contributed by atoms with Gasteiger partial charge in [0.25, 0.3) is 5.91 Å². The molecule has 3 rings (SSSR count). The summed E-state index contributed by atoms with van der Waals surface area (Å²) in [5.74, 6) is 0.934. The molecule has 0 fully saturated rings. The Balaban J connectivity index is 1.86. The number of nitrogens with one attached hydrogen (secondary N) is 3. The average molecular weight is 354 g/mol. The lowest BCUT2D eigenvalue weighted by Gasteiger charge is -2.30. The summed E-state index contributed by atoms with van der Waals surface area (Å²) >= 11 is 4.99. The number of H-pyrrole nitrogens is 1. The molecule has 0 aliphatic carbocycles.